The number of aromatic amines is 1. The zero-order chi connectivity index (χ0) is 11.8. The number of nitriles is 1. The molecule has 0 saturated heterocycles. The standard InChI is InChI=1S/C11H16N4O/c1-2-3-4-5-6-10(16)15-11-9(7-12)13-8-14-11/h8H,2-6H2,1H3,(H,13,14)(H,15,16). The Labute approximate surface area is 94.9 Å². The molecule has 0 fully saturated rings. The van der Waals surface area contributed by atoms with Crippen LogP contribution in [-0.2, 0) is 4.79 Å². The fourth-order valence-electron chi connectivity index (χ4n) is 1.38. The first kappa shape index (κ1) is 12.2. The van der Waals surface area contributed by atoms with Crippen molar-refractivity contribution in [2.24, 2.45) is 0 Å². The average Bonchev–Trinajstić information content (AvgIpc) is 2.71. The smallest absolute Gasteiger partial charge is 0.225 e. The van der Waals surface area contributed by atoms with Crippen LogP contribution in [0.3, 0.4) is 0 Å². The summed E-state index contributed by atoms with van der Waals surface area (Å²) in [5.74, 6) is 0.239. The quantitative estimate of drug-likeness (QED) is 0.721. The molecule has 0 aliphatic rings. The summed E-state index contributed by atoms with van der Waals surface area (Å²) < 4.78 is 0. The zero-order valence-corrected chi connectivity index (χ0v) is 9.42. The van der Waals surface area contributed by atoms with Gasteiger partial charge in [-0.15, -0.1) is 0 Å². The summed E-state index contributed by atoms with van der Waals surface area (Å²) in [6.07, 6.45) is 6.13. The number of amides is 1. The van der Waals surface area contributed by atoms with Gasteiger partial charge in [0.2, 0.25) is 5.91 Å². The summed E-state index contributed by atoms with van der Waals surface area (Å²) in [4.78, 5) is 18.0. The van der Waals surface area contributed by atoms with Crippen molar-refractivity contribution in [3.63, 3.8) is 0 Å². The molecule has 0 unspecified atom stereocenters. The topological polar surface area (TPSA) is 81.6 Å². The van der Waals surface area contributed by atoms with E-state index in [1.807, 2.05) is 6.07 Å². The van der Waals surface area contributed by atoms with E-state index >= 15 is 0 Å². The normalized spacial score (nSPS) is 9.75. The number of carbonyl (C=O) groups excluding carboxylic acids is 1. The van der Waals surface area contributed by atoms with Gasteiger partial charge in [0, 0.05) is 6.42 Å². The fraction of sp³-hybridized carbons (Fsp3) is 0.545. The molecule has 1 aromatic heterocycles. The van der Waals surface area contributed by atoms with E-state index in [0.717, 1.165) is 25.7 Å². The Bertz CT molecular complexity index is 378. The largest absolute Gasteiger partial charge is 0.335 e. The molecule has 5 heteroatoms. The number of aromatic nitrogens is 2. The van der Waals surface area contributed by atoms with Gasteiger partial charge in [0.05, 0.1) is 6.33 Å². The van der Waals surface area contributed by atoms with Crippen LogP contribution in [0.1, 0.15) is 44.7 Å². The second-order valence-electron chi connectivity index (χ2n) is 3.60. The molecule has 0 aliphatic carbocycles. The highest BCUT2D eigenvalue weighted by Gasteiger charge is 2.08. The van der Waals surface area contributed by atoms with Gasteiger partial charge in [-0.1, -0.05) is 26.2 Å². The molecule has 5 nitrogen and oxygen atoms in total. The molecule has 0 aromatic carbocycles. The first-order chi connectivity index (χ1) is 7.77. The maximum Gasteiger partial charge on any atom is 0.225 e. The van der Waals surface area contributed by atoms with Crippen LogP contribution in [0.15, 0.2) is 6.33 Å². The van der Waals surface area contributed by atoms with E-state index in [1.54, 1.807) is 0 Å². The number of imidazole rings is 1. The number of unbranched alkanes of at least 4 members (excludes halogenated alkanes) is 3. The number of nitrogens with zero attached hydrogens (tertiary/aromatic N) is 2. The molecule has 1 aromatic rings. The van der Waals surface area contributed by atoms with E-state index in [4.69, 9.17) is 5.26 Å². The van der Waals surface area contributed by atoms with E-state index in [1.165, 1.54) is 6.33 Å². The highest BCUT2D eigenvalue weighted by atomic mass is 16.1. The number of rotatable bonds is 6. The molecule has 0 radical (unpaired) electrons. The molecule has 0 saturated carbocycles. The van der Waals surface area contributed by atoms with Gasteiger partial charge in [0.15, 0.2) is 11.5 Å². The van der Waals surface area contributed by atoms with Crippen LogP contribution in [0.5, 0.6) is 0 Å². The minimum atomic E-state index is -0.0836. The number of anilines is 1. The number of nitrogens with one attached hydrogen (secondary N) is 2. The number of H-pyrrole nitrogens is 1. The number of carbonyl (C=O) groups is 1. The van der Waals surface area contributed by atoms with Gasteiger partial charge >= 0.3 is 0 Å². The van der Waals surface area contributed by atoms with Crippen molar-refractivity contribution in [2.45, 2.75) is 39.0 Å². The molecule has 0 atom stereocenters. The molecule has 1 rings (SSSR count). The van der Waals surface area contributed by atoms with Gasteiger partial charge in [-0.25, -0.2) is 4.98 Å². The molecule has 0 spiro atoms. The molecule has 2 N–H and O–H groups in total. The van der Waals surface area contributed by atoms with Crippen LogP contribution in [0, 0.1) is 11.3 Å². The summed E-state index contributed by atoms with van der Waals surface area (Å²) >= 11 is 0. The van der Waals surface area contributed by atoms with E-state index < -0.39 is 0 Å². The maximum atomic E-state index is 11.5. The summed E-state index contributed by atoms with van der Waals surface area (Å²) in [5.41, 5.74) is 0.293. The van der Waals surface area contributed by atoms with Gasteiger partial charge in [-0.05, 0) is 6.42 Å². The fourth-order valence-corrected chi connectivity index (χ4v) is 1.38. The molecule has 0 bridgehead atoms. The Morgan fingerprint density at radius 3 is 3.06 bits per heavy atom. The lowest BCUT2D eigenvalue weighted by atomic mass is 10.1. The minimum absolute atomic E-state index is 0.0836. The molecule has 16 heavy (non-hydrogen) atoms. The Kier molecular flexibility index (Phi) is 5.06. The van der Waals surface area contributed by atoms with Crippen molar-refractivity contribution in [3.8, 4) is 6.07 Å². The van der Waals surface area contributed by atoms with Crippen molar-refractivity contribution in [1.82, 2.24) is 9.97 Å². The lowest BCUT2D eigenvalue weighted by Crippen LogP contribution is -2.12. The monoisotopic (exact) mass is 220 g/mol. The van der Waals surface area contributed by atoms with E-state index in [9.17, 15) is 4.79 Å². The zero-order valence-electron chi connectivity index (χ0n) is 9.42. The van der Waals surface area contributed by atoms with Gasteiger partial charge in [-0.3, -0.25) is 4.79 Å². The Morgan fingerprint density at radius 2 is 2.38 bits per heavy atom. The first-order valence-electron chi connectivity index (χ1n) is 5.51. The van der Waals surface area contributed by atoms with Gasteiger partial charge in [-0.2, -0.15) is 5.26 Å². The SMILES string of the molecule is CCCCCCC(=O)Nc1nc[nH]c1C#N. The lowest BCUT2D eigenvalue weighted by molar-refractivity contribution is -0.116. The lowest BCUT2D eigenvalue weighted by Gasteiger charge is -2.01. The van der Waals surface area contributed by atoms with Gasteiger partial charge in [0.25, 0.3) is 0 Å². The summed E-state index contributed by atoms with van der Waals surface area (Å²) in [7, 11) is 0. The second kappa shape index (κ2) is 6.62. The average molecular weight is 220 g/mol. The van der Waals surface area contributed by atoms with E-state index in [2.05, 4.69) is 22.2 Å². The van der Waals surface area contributed by atoms with Crippen molar-refractivity contribution >= 4 is 11.7 Å². The van der Waals surface area contributed by atoms with Gasteiger partial charge < -0.3 is 10.3 Å². The highest BCUT2D eigenvalue weighted by Crippen LogP contribution is 2.09. The van der Waals surface area contributed by atoms with Crippen LogP contribution in [0.4, 0.5) is 5.82 Å². The third-order valence-electron chi connectivity index (χ3n) is 2.27. The van der Waals surface area contributed by atoms with Crippen molar-refractivity contribution < 1.29 is 4.79 Å². The minimum Gasteiger partial charge on any atom is -0.335 e. The second-order valence-corrected chi connectivity index (χ2v) is 3.60. The van der Waals surface area contributed by atoms with Crippen LogP contribution in [-0.4, -0.2) is 15.9 Å². The van der Waals surface area contributed by atoms with E-state index in [-0.39, 0.29) is 5.91 Å². The van der Waals surface area contributed by atoms with Crippen molar-refractivity contribution in [2.75, 3.05) is 5.32 Å². The van der Waals surface area contributed by atoms with Crippen molar-refractivity contribution in [3.05, 3.63) is 12.0 Å². The van der Waals surface area contributed by atoms with E-state index in [0.29, 0.717) is 17.9 Å². The molecular weight excluding hydrogens is 204 g/mol. The predicted octanol–water partition coefficient (Wildman–Crippen LogP) is 2.19. The molecule has 1 heterocycles. The Balaban J connectivity index is 2.32. The summed E-state index contributed by atoms with van der Waals surface area (Å²) in [6.45, 7) is 2.13. The Hall–Kier alpha value is -1.83. The molecule has 1 amide bonds. The summed E-state index contributed by atoms with van der Waals surface area (Å²) in [6, 6.07) is 1.92. The van der Waals surface area contributed by atoms with Crippen LogP contribution < -0.4 is 5.32 Å². The highest BCUT2D eigenvalue weighted by molar-refractivity contribution is 5.90. The third kappa shape index (κ3) is 3.73. The Morgan fingerprint density at radius 1 is 1.56 bits per heavy atom. The number of hydrogen-bond acceptors (Lipinski definition) is 3. The van der Waals surface area contributed by atoms with Gasteiger partial charge in [0.1, 0.15) is 6.07 Å². The first-order valence-corrected chi connectivity index (χ1v) is 5.51. The van der Waals surface area contributed by atoms with Crippen LogP contribution in [0.2, 0.25) is 0 Å². The third-order valence-corrected chi connectivity index (χ3v) is 2.27. The van der Waals surface area contributed by atoms with Crippen LogP contribution >= 0.6 is 0 Å². The number of hydrogen-bond donors (Lipinski definition) is 2. The summed E-state index contributed by atoms with van der Waals surface area (Å²) in [5, 5.41) is 11.3. The molecular formula is C11H16N4O. The molecule has 86 valence electrons. The molecule has 0 aliphatic heterocycles. The van der Waals surface area contributed by atoms with Crippen LogP contribution in [0.25, 0.3) is 0 Å². The predicted molar refractivity (Wildman–Crippen MR) is 60.7 cm³/mol. The van der Waals surface area contributed by atoms with Crippen molar-refractivity contribution in [1.29, 1.82) is 5.26 Å². The maximum absolute atomic E-state index is 11.5.